The van der Waals surface area contributed by atoms with Crippen LogP contribution in [-0.4, -0.2) is 37.5 Å². The smallest absolute Gasteiger partial charge is 0.241 e. The number of nitrogens with zero attached hydrogens (tertiary/aromatic N) is 1. The highest BCUT2D eigenvalue weighted by atomic mass is 16.1. The van der Waals surface area contributed by atoms with Crippen molar-refractivity contribution in [1.29, 1.82) is 0 Å². The monoisotopic (exact) mass is 298 g/mol. The summed E-state index contributed by atoms with van der Waals surface area (Å²) >= 11 is 0. The van der Waals surface area contributed by atoms with Crippen molar-refractivity contribution in [3.63, 3.8) is 0 Å². The van der Waals surface area contributed by atoms with Gasteiger partial charge in [-0.15, -0.1) is 0 Å². The van der Waals surface area contributed by atoms with E-state index in [-0.39, 0.29) is 12.5 Å². The minimum Gasteiger partial charge on any atom is -0.357 e. The van der Waals surface area contributed by atoms with Crippen LogP contribution in [-0.2, 0) is 4.79 Å². The lowest BCUT2D eigenvalue weighted by atomic mass is 10.0. The van der Waals surface area contributed by atoms with Crippen LogP contribution in [0.1, 0.15) is 60.3 Å². The zero-order chi connectivity index (χ0) is 16.1. The molecule has 1 amide bonds. The summed E-state index contributed by atoms with van der Waals surface area (Å²) in [5.41, 5.74) is 0. The fourth-order valence-electron chi connectivity index (χ4n) is 1.93. The quantitative estimate of drug-likeness (QED) is 0.428. The number of hydrogen-bond acceptors (Lipinski definition) is 2. The number of hydrogen-bond donors (Lipinski definition) is 3. The maximum atomic E-state index is 11.6. The predicted molar refractivity (Wildman–Crippen MR) is 90.6 cm³/mol. The summed E-state index contributed by atoms with van der Waals surface area (Å²) in [6.45, 7) is 12.4. The average Bonchev–Trinajstić information content (AvgIpc) is 2.42. The van der Waals surface area contributed by atoms with Gasteiger partial charge >= 0.3 is 0 Å². The summed E-state index contributed by atoms with van der Waals surface area (Å²) in [5, 5.41) is 9.37. The van der Waals surface area contributed by atoms with Crippen molar-refractivity contribution in [2.24, 2.45) is 10.9 Å². The summed E-state index contributed by atoms with van der Waals surface area (Å²) in [6, 6.07) is 0.361. The van der Waals surface area contributed by atoms with Crippen molar-refractivity contribution in [2.45, 2.75) is 66.3 Å². The lowest BCUT2D eigenvalue weighted by Crippen LogP contribution is -2.43. The second-order valence-corrected chi connectivity index (χ2v) is 5.92. The van der Waals surface area contributed by atoms with Crippen molar-refractivity contribution >= 4 is 11.9 Å². The van der Waals surface area contributed by atoms with Gasteiger partial charge in [-0.1, -0.05) is 33.6 Å². The van der Waals surface area contributed by atoms with Gasteiger partial charge in [0.25, 0.3) is 0 Å². The normalized spacial score (nSPS) is 13.1. The van der Waals surface area contributed by atoms with E-state index < -0.39 is 0 Å². The molecule has 1 unspecified atom stereocenters. The molecule has 0 heterocycles. The third-order valence-electron chi connectivity index (χ3n) is 3.10. The molecule has 1 atom stereocenters. The van der Waals surface area contributed by atoms with Gasteiger partial charge < -0.3 is 16.0 Å². The van der Waals surface area contributed by atoms with Crippen molar-refractivity contribution in [1.82, 2.24) is 16.0 Å². The number of nitrogens with one attached hydrogen (secondary N) is 3. The number of amides is 1. The number of guanidine groups is 1. The Morgan fingerprint density at radius 1 is 1.10 bits per heavy atom. The van der Waals surface area contributed by atoms with Gasteiger partial charge in [-0.05, 0) is 32.6 Å². The molecule has 0 saturated carbocycles. The molecule has 3 N–H and O–H groups in total. The Morgan fingerprint density at radius 3 is 2.38 bits per heavy atom. The molecule has 0 aliphatic heterocycles. The standard InChI is InChI=1S/C16H34N4O/c1-6-11-18-15(21)12-19-16(17-7-2)20-14(5)10-8-9-13(3)4/h13-14H,6-12H2,1-5H3,(H,18,21)(H2,17,19,20). The molecule has 0 fully saturated rings. The highest BCUT2D eigenvalue weighted by molar-refractivity contribution is 5.85. The summed E-state index contributed by atoms with van der Waals surface area (Å²) < 4.78 is 0. The van der Waals surface area contributed by atoms with Crippen LogP contribution < -0.4 is 16.0 Å². The Balaban J connectivity index is 4.17. The largest absolute Gasteiger partial charge is 0.357 e. The van der Waals surface area contributed by atoms with Crippen LogP contribution in [0.4, 0.5) is 0 Å². The second-order valence-electron chi connectivity index (χ2n) is 5.92. The summed E-state index contributed by atoms with van der Waals surface area (Å²) in [7, 11) is 0. The first-order chi connectivity index (χ1) is 9.99. The molecule has 0 bridgehead atoms. The van der Waals surface area contributed by atoms with E-state index in [4.69, 9.17) is 0 Å². The Kier molecular flexibility index (Phi) is 11.7. The molecule has 0 rings (SSSR count). The first-order valence-corrected chi connectivity index (χ1v) is 8.31. The maximum absolute atomic E-state index is 11.6. The van der Waals surface area contributed by atoms with E-state index in [9.17, 15) is 4.79 Å². The molecular formula is C16H34N4O. The number of carbonyl (C=O) groups is 1. The van der Waals surface area contributed by atoms with Gasteiger partial charge in [0.2, 0.25) is 5.91 Å². The van der Waals surface area contributed by atoms with Crippen LogP contribution in [0.25, 0.3) is 0 Å². The second kappa shape index (κ2) is 12.5. The van der Waals surface area contributed by atoms with E-state index in [1.165, 1.54) is 12.8 Å². The van der Waals surface area contributed by atoms with Gasteiger partial charge in [0.05, 0.1) is 0 Å². The molecule has 0 radical (unpaired) electrons. The molecule has 5 nitrogen and oxygen atoms in total. The Morgan fingerprint density at radius 2 is 1.81 bits per heavy atom. The lowest BCUT2D eigenvalue weighted by Gasteiger charge is -2.18. The van der Waals surface area contributed by atoms with Gasteiger partial charge in [0.1, 0.15) is 6.54 Å². The van der Waals surface area contributed by atoms with Crippen molar-refractivity contribution < 1.29 is 4.79 Å². The van der Waals surface area contributed by atoms with Crippen molar-refractivity contribution in [3.8, 4) is 0 Å². The zero-order valence-electron chi connectivity index (χ0n) is 14.5. The highest BCUT2D eigenvalue weighted by Gasteiger charge is 2.06. The molecule has 21 heavy (non-hydrogen) atoms. The number of aliphatic imine (C=N–C) groups is 1. The van der Waals surface area contributed by atoms with Crippen LogP contribution in [0.15, 0.2) is 4.99 Å². The number of carbonyl (C=O) groups excluding carboxylic acids is 1. The molecule has 5 heteroatoms. The first kappa shape index (κ1) is 19.7. The van der Waals surface area contributed by atoms with E-state index in [0.29, 0.717) is 12.6 Å². The summed E-state index contributed by atoms with van der Waals surface area (Å²) in [4.78, 5) is 15.9. The van der Waals surface area contributed by atoms with Gasteiger partial charge in [0.15, 0.2) is 5.96 Å². The molecule has 0 aromatic carbocycles. The van der Waals surface area contributed by atoms with Crippen LogP contribution >= 0.6 is 0 Å². The van der Waals surface area contributed by atoms with Gasteiger partial charge in [-0.2, -0.15) is 0 Å². The molecule has 0 saturated heterocycles. The minimum atomic E-state index is -0.0264. The lowest BCUT2D eigenvalue weighted by molar-refractivity contribution is -0.119. The van der Waals surface area contributed by atoms with E-state index in [1.54, 1.807) is 0 Å². The van der Waals surface area contributed by atoms with E-state index in [1.807, 2.05) is 13.8 Å². The fraction of sp³-hybridized carbons (Fsp3) is 0.875. The first-order valence-electron chi connectivity index (χ1n) is 8.31. The molecule has 0 aromatic rings. The number of rotatable bonds is 10. The van der Waals surface area contributed by atoms with Crippen molar-refractivity contribution in [3.05, 3.63) is 0 Å². The van der Waals surface area contributed by atoms with Crippen LogP contribution in [0.5, 0.6) is 0 Å². The maximum Gasteiger partial charge on any atom is 0.241 e. The fourth-order valence-corrected chi connectivity index (χ4v) is 1.93. The predicted octanol–water partition coefficient (Wildman–Crippen LogP) is 2.28. The van der Waals surface area contributed by atoms with E-state index in [0.717, 1.165) is 31.3 Å². The summed E-state index contributed by atoms with van der Waals surface area (Å²) in [6.07, 6.45) is 4.52. The molecule has 0 aliphatic rings. The Hall–Kier alpha value is -1.26. The Labute approximate surface area is 130 Å². The highest BCUT2D eigenvalue weighted by Crippen LogP contribution is 2.08. The molecule has 0 aromatic heterocycles. The average molecular weight is 298 g/mol. The van der Waals surface area contributed by atoms with Crippen LogP contribution in [0, 0.1) is 5.92 Å². The van der Waals surface area contributed by atoms with Gasteiger partial charge in [-0.3, -0.25) is 4.79 Å². The van der Waals surface area contributed by atoms with Crippen LogP contribution in [0.2, 0.25) is 0 Å². The molecule has 124 valence electrons. The van der Waals surface area contributed by atoms with Gasteiger partial charge in [-0.25, -0.2) is 4.99 Å². The van der Waals surface area contributed by atoms with E-state index >= 15 is 0 Å². The van der Waals surface area contributed by atoms with Crippen molar-refractivity contribution in [2.75, 3.05) is 19.6 Å². The third-order valence-corrected chi connectivity index (χ3v) is 3.10. The molecule has 0 aliphatic carbocycles. The van der Waals surface area contributed by atoms with E-state index in [2.05, 4.69) is 41.7 Å². The zero-order valence-corrected chi connectivity index (χ0v) is 14.5. The van der Waals surface area contributed by atoms with Crippen LogP contribution in [0.3, 0.4) is 0 Å². The van der Waals surface area contributed by atoms with Gasteiger partial charge in [0, 0.05) is 19.1 Å². The Bertz CT molecular complexity index is 303. The molecule has 0 spiro atoms. The minimum absolute atomic E-state index is 0.0264. The SMILES string of the molecule is CCCNC(=O)CN=C(NCC)NC(C)CCCC(C)C. The molecular weight excluding hydrogens is 264 g/mol. The summed E-state index contributed by atoms with van der Waals surface area (Å²) in [5.74, 6) is 1.45. The third kappa shape index (κ3) is 12.2. The topological polar surface area (TPSA) is 65.5 Å².